The zero-order valence-electron chi connectivity index (χ0n) is 9.03. The molecule has 0 aromatic heterocycles. The normalized spacial score (nSPS) is 12.2. The van der Waals surface area contributed by atoms with Gasteiger partial charge in [0.05, 0.1) is 6.04 Å². The van der Waals surface area contributed by atoms with Crippen LogP contribution < -0.4 is 5.73 Å². The molecule has 0 radical (unpaired) electrons. The minimum atomic E-state index is -0.359. The number of nitrogens with zero attached hydrogens (tertiary/aromatic N) is 1. The second kappa shape index (κ2) is 7.88. The smallest absolute Gasteiger partial charge is 0.239 e. The molecule has 0 aliphatic carbocycles. The molecule has 0 spiro atoms. The molecule has 14 heavy (non-hydrogen) atoms. The minimum absolute atomic E-state index is 0.0291. The summed E-state index contributed by atoms with van der Waals surface area (Å²) in [6.45, 7) is 6.84. The van der Waals surface area contributed by atoms with Crippen molar-refractivity contribution in [2.45, 2.75) is 19.4 Å². The van der Waals surface area contributed by atoms with E-state index >= 15 is 0 Å². The highest BCUT2D eigenvalue weighted by molar-refractivity contribution is 7.98. The van der Waals surface area contributed by atoms with Crippen LogP contribution in [0.1, 0.15) is 13.3 Å². The van der Waals surface area contributed by atoms with E-state index in [0.29, 0.717) is 13.1 Å². The fourth-order valence-corrected chi connectivity index (χ4v) is 1.62. The van der Waals surface area contributed by atoms with Gasteiger partial charge in [0.1, 0.15) is 0 Å². The van der Waals surface area contributed by atoms with Crippen LogP contribution in [0.2, 0.25) is 0 Å². The first-order valence-corrected chi connectivity index (χ1v) is 6.20. The summed E-state index contributed by atoms with van der Waals surface area (Å²) in [7, 11) is 0. The lowest BCUT2D eigenvalue weighted by Crippen LogP contribution is -2.44. The second-order valence-corrected chi connectivity index (χ2v) is 4.04. The lowest BCUT2D eigenvalue weighted by molar-refractivity contribution is -0.131. The van der Waals surface area contributed by atoms with E-state index < -0.39 is 0 Å². The van der Waals surface area contributed by atoms with E-state index in [1.165, 1.54) is 0 Å². The Hall–Kier alpha value is -0.480. The van der Waals surface area contributed by atoms with Gasteiger partial charge >= 0.3 is 0 Å². The van der Waals surface area contributed by atoms with Crippen LogP contribution in [-0.4, -0.2) is 41.9 Å². The van der Waals surface area contributed by atoms with E-state index in [0.717, 1.165) is 12.2 Å². The van der Waals surface area contributed by atoms with Crippen LogP contribution in [0.15, 0.2) is 12.7 Å². The summed E-state index contributed by atoms with van der Waals surface area (Å²) in [5.74, 6) is 0.958. The van der Waals surface area contributed by atoms with E-state index in [9.17, 15) is 4.79 Å². The number of amides is 1. The van der Waals surface area contributed by atoms with Crippen molar-refractivity contribution in [3.05, 3.63) is 12.7 Å². The number of carbonyl (C=O) groups is 1. The number of rotatable bonds is 7. The van der Waals surface area contributed by atoms with E-state index in [2.05, 4.69) is 6.58 Å². The van der Waals surface area contributed by atoms with Crippen molar-refractivity contribution in [2.75, 3.05) is 25.1 Å². The lowest BCUT2D eigenvalue weighted by atomic mass is 10.2. The highest BCUT2D eigenvalue weighted by atomic mass is 32.2. The number of thioether (sulfide) groups is 1. The van der Waals surface area contributed by atoms with Crippen LogP contribution in [0, 0.1) is 0 Å². The predicted octanol–water partition coefficient (Wildman–Crippen LogP) is 1.10. The van der Waals surface area contributed by atoms with Gasteiger partial charge in [-0.15, -0.1) is 6.58 Å². The molecule has 0 fully saturated rings. The maximum Gasteiger partial charge on any atom is 0.239 e. The standard InChI is InChI=1S/C10H20N2OS/c1-4-7-12(5-2)10(13)9(11)6-8-14-3/h4,9H,1,5-8,11H2,2-3H3/t9-/m0/s1. The van der Waals surface area contributed by atoms with Crippen molar-refractivity contribution in [1.82, 2.24) is 4.90 Å². The van der Waals surface area contributed by atoms with E-state index in [4.69, 9.17) is 5.73 Å². The van der Waals surface area contributed by atoms with Crippen LogP contribution in [0.3, 0.4) is 0 Å². The Balaban J connectivity index is 4.05. The first kappa shape index (κ1) is 13.5. The summed E-state index contributed by atoms with van der Waals surface area (Å²) in [6, 6.07) is -0.359. The summed E-state index contributed by atoms with van der Waals surface area (Å²) in [6.07, 6.45) is 4.48. The van der Waals surface area contributed by atoms with Gasteiger partial charge < -0.3 is 10.6 Å². The number of hydrogen-bond donors (Lipinski definition) is 1. The fraction of sp³-hybridized carbons (Fsp3) is 0.700. The third-order valence-corrected chi connectivity index (χ3v) is 2.64. The number of hydrogen-bond acceptors (Lipinski definition) is 3. The molecule has 0 aliphatic heterocycles. The van der Waals surface area contributed by atoms with Crippen molar-refractivity contribution in [1.29, 1.82) is 0 Å². The van der Waals surface area contributed by atoms with Gasteiger partial charge in [0.25, 0.3) is 0 Å². The van der Waals surface area contributed by atoms with Gasteiger partial charge in [0.2, 0.25) is 5.91 Å². The SMILES string of the molecule is C=CCN(CC)C(=O)[C@@H](N)CCSC. The molecular formula is C10H20N2OS. The van der Waals surface area contributed by atoms with Gasteiger partial charge in [0.15, 0.2) is 0 Å². The third kappa shape index (κ3) is 4.67. The van der Waals surface area contributed by atoms with Gasteiger partial charge in [-0.2, -0.15) is 11.8 Å². The predicted molar refractivity (Wildman–Crippen MR) is 63.4 cm³/mol. The Labute approximate surface area is 90.7 Å². The number of carbonyl (C=O) groups excluding carboxylic acids is 1. The largest absolute Gasteiger partial charge is 0.338 e. The van der Waals surface area contributed by atoms with Crippen LogP contribution >= 0.6 is 11.8 Å². The maximum atomic E-state index is 11.7. The molecule has 2 N–H and O–H groups in total. The van der Waals surface area contributed by atoms with Gasteiger partial charge in [-0.25, -0.2) is 0 Å². The Bertz CT molecular complexity index is 185. The summed E-state index contributed by atoms with van der Waals surface area (Å²) < 4.78 is 0. The molecule has 3 nitrogen and oxygen atoms in total. The van der Waals surface area contributed by atoms with Crippen molar-refractivity contribution < 1.29 is 4.79 Å². The fourth-order valence-electron chi connectivity index (χ4n) is 1.13. The molecular weight excluding hydrogens is 196 g/mol. The molecule has 0 saturated heterocycles. The topological polar surface area (TPSA) is 46.3 Å². The Morgan fingerprint density at radius 1 is 1.71 bits per heavy atom. The molecule has 0 aromatic carbocycles. The highest BCUT2D eigenvalue weighted by Gasteiger charge is 2.17. The van der Waals surface area contributed by atoms with Crippen LogP contribution in [0.4, 0.5) is 0 Å². The van der Waals surface area contributed by atoms with Crippen molar-refractivity contribution >= 4 is 17.7 Å². The molecule has 4 heteroatoms. The van der Waals surface area contributed by atoms with E-state index in [1.807, 2.05) is 13.2 Å². The average Bonchev–Trinajstić information content (AvgIpc) is 2.21. The van der Waals surface area contributed by atoms with Crippen LogP contribution in [0.25, 0.3) is 0 Å². The van der Waals surface area contributed by atoms with Crippen molar-refractivity contribution in [2.24, 2.45) is 5.73 Å². The number of nitrogens with two attached hydrogens (primary N) is 1. The molecule has 1 atom stereocenters. The average molecular weight is 216 g/mol. The Morgan fingerprint density at radius 3 is 2.79 bits per heavy atom. The second-order valence-electron chi connectivity index (χ2n) is 3.05. The van der Waals surface area contributed by atoms with Crippen molar-refractivity contribution in [3.8, 4) is 0 Å². The molecule has 0 saturated carbocycles. The molecule has 0 aromatic rings. The maximum absolute atomic E-state index is 11.7. The molecule has 1 amide bonds. The molecule has 0 unspecified atom stereocenters. The van der Waals surface area contributed by atoms with E-state index in [-0.39, 0.29) is 11.9 Å². The monoisotopic (exact) mass is 216 g/mol. The highest BCUT2D eigenvalue weighted by Crippen LogP contribution is 2.02. The molecule has 0 aliphatic rings. The zero-order chi connectivity index (χ0) is 11.0. The summed E-state index contributed by atoms with van der Waals surface area (Å²) >= 11 is 1.71. The molecule has 0 heterocycles. The lowest BCUT2D eigenvalue weighted by Gasteiger charge is -2.22. The minimum Gasteiger partial charge on any atom is -0.338 e. The zero-order valence-corrected chi connectivity index (χ0v) is 9.85. The summed E-state index contributed by atoms with van der Waals surface area (Å²) in [5.41, 5.74) is 5.77. The quantitative estimate of drug-likeness (QED) is 0.648. The summed E-state index contributed by atoms with van der Waals surface area (Å²) in [4.78, 5) is 13.4. The molecule has 0 rings (SSSR count). The summed E-state index contributed by atoms with van der Waals surface area (Å²) in [5, 5.41) is 0. The van der Waals surface area contributed by atoms with Gasteiger partial charge in [-0.05, 0) is 25.4 Å². The Morgan fingerprint density at radius 2 is 2.36 bits per heavy atom. The van der Waals surface area contributed by atoms with Crippen molar-refractivity contribution in [3.63, 3.8) is 0 Å². The van der Waals surface area contributed by atoms with E-state index in [1.54, 1.807) is 22.7 Å². The van der Waals surface area contributed by atoms with Gasteiger partial charge in [-0.1, -0.05) is 6.08 Å². The first-order valence-electron chi connectivity index (χ1n) is 4.81. The first-order chi connectivity index (χ1) is 6.67. The van der Waals surface area contributed by atoms with Gasteiger partial charge in [-0.3, -0.25) is 4.79 Å². The molecule has 82 valence electrons. The van der Waals surface area contributed by atoms with Crippen LogP contribution in [-0.2, 0) is 4.79 Å². The van der Waals surface area contributed by atoms with Gasteiger partial charge in [0, 0.05) is 13.1 Å². The Kier molecular flexibility index (Phi) is 7.61. The molecule has 0 bridgehead atoms. The number of likely N-dealkylation sites (N-methyl/N-ethyl adjacent to an activating group) is 1. The third-order valence-electron chi connectivity index (χ3n) is 1.99. The van der Waals surface area contributed by atoms with Crippen LogP contribution in [0.5, 0.6) is 0 Å².